The first-order valence-electron chi connectivity index (χ1n) is 9.99. The average molecular weight is 461 g/mol. The molecule has 0 aliphatic carbocycles. The van der Waals surface area contributed by atoms with Gasteiger partial charge in [-0.1, -0.05) is 29.8 Å². The number of hydrogen-bond acceptors (Lipinski definition) is 4. The Labute approximate surface area is 183 Å². The number of anilines is 1. The second kappa shape index (κ2) is 8.76. The van der Waals surface area contributed by atoms with Gasteiger partial charge in [0, 0.05) is 18.1 Å². The van der Waals surface area contributed by atoms with E-state index in [-0.39, 0.29) is 17.0 Å². The molecule has 0 saturated carbocycles. The summed E-state index contributed by atoms with van der Waals surface area (Å²) < 4.78 is 13.3. The van der Waals surface area contributed by atoms with E-state index in [1.807, 2.05) is 30.3 Å². The van der Waals surface area contributed by atoms with Crippen molar-refractivity contribution in [3.8, 4) is 11.5 Å². The Bertz CT molecular complexity index is 897. The minimum absolute atomic E-state index is 0. The summed E-state index contributed by atoms with van der Waals surface area (Å²) >= 11 is 0. The summed E-state index contributed by atoms with van der Waals surface area (Å²) in [5.74, 6) is 2.72. The van der Waals surface area contributed by atoms with Crippen molar-refractivity contribution in [2.75, 3.05) is 32.2 Å². The van der Waals surface area contributed by atoms with Crippen LogP contribution in [0.1, 0.15) is 36.8 Å². The van der Waals surface area contributed by atoms with E-state index >= 15 is 0 Å². The third-order valence-corrected chi connectivity index (χ3v) is 5.92. The summed E-state index contributed by atoms with van der Waals surface area (Å²) in [6, 6.07) is 14.1. The van der Waals surface area contributed by atoms with Crippen LogP contribution in [-0.4, -0.2) is 42.8 Å². The number of nitrogens with zero attached hydrogens (tertiary/aromatic N) is 2. The lowest BCUT2D eigenvalue weighted by Gasteiger charge is -2.24. The maximum Gasteiger partial charge on any atom is 0.271 e. The van der Waals surface area contributed by atoms with Gasteiger partial charge in [0.25, 0.3) is 11.6 Å². The van der Waals surface area contributed by atoms with E-state index in [1.54, 1.807) is 14.2 Å². The lowest BCUT2D eigenvalue weighted by molar-refractivity contribution is -0.658. The van der Waals surface area contributed by atoms with Gasteiger partial charge in [0.15, 0.2) is 18.0 Å². The Morgan fingerprint density at radius 2 is 1.76 bits per heavy atom. The summed E-state index contributed by atoms with van der Waals surface area (Å²) in [5.41, 5.74) is 2.01. The van der Waals surface area contributed by atoms with Crippen LogP contribution in [0.25, 0.3) is 0 Å². The topological polar surface area (TPSA) is 44.9 Å². The number of ether oxygens (including phenoxy) is 2. The SMILES string of the molecule is COc1ccc(OC)c(N2CC(O)(c3ccc(C)cc3)[N+]3=C2CCCCC3)c1.[Br-]. The van der Waals surface area contributed by atoms with Gasteiger partial charge in [-0.15, -0.1) is 0 Å². The zero-order valence-corrected chi connectivity index (χ0v) is 18.9. The van der Waals surface area contributed by atoms with Gasteiger partial charge < -0.3 is 31.6 Å². The summed E-state index contributed by atoms with van der Waals surface area (Å²) in [7, 11) is 3.35. The molecule has 2 aromatic rings. The van der Waals surface area contributed by atoms with E-state index in [9.17, 15) is 5.11 Å². The maximum absolute atomic E-state index is 11.9. The lowest BCUT2D eigenvalue weighted by Crippen LogP contribution is -3.00. The zero-order valence-electron chi connectivity index (χ0n) is 17.3. The molecule has 1 N–H and O–H groups in total. The molecule has 2 heterocycles. The van der Waals surface area contributed by atoms with E-state index in [0.29, 0.717) is 6.54 Å². The van der Waals surface area contributed by atoms with Crippen LogP contribution in [0.3, 0.4) is 0 Å². The summed E-state index contributed by atoms with van der Waals surface area (Å²) in [6.45, 7) is 3.39. The second-order valence-electron chi connectivity index (χ2n) is 7.69. The fraction of sp³-hybridized carbons (Fsp3) is 0.435. The van der Waals surface area contributed by atoms with Gasteiger partial charge in [0.2, 0.25) is 0 Å². The van der Waals surface area contributed by atoms with Crippen molar-refractivity contribution in [3.05, 3.63) is 53.6 Å². The number of methoxy groups -OCH3 is 2. The van der Waals surface area contributed by atoms with Crippen LogP contribution in [0, 0.1) is 6.92 Å². The third kappa shape index (κ3) is 3.88. The molecule has 1 atom stereocenters. The number of halogens is 1. The predicted octanol–water partition coefficient (Wildman–Crippen LogP) is 0.667. The van der Waals surface area contributed by atoms with E-state index in [2.05, 4.69) is 28.5 Å². The first-order valence-corrected chi connectivity index (χ1v) is 9.99. The quantitative estimate of drug-likeness (QED) is 0.681. The predicted molar refractivity (Wildman–Crippen MR) is 111 cm³/mol. The second-order valence-corrected chi connectivity index (χ2v) is 7.69. The monoisotopic (exact) mass is 460 g/mol. The maximum atomic E-state index is 11.9. The molecule has 1 unspecified atom stereocenters. The number of hydrogen-bond donors (Lipinski definition) is 1. The molecule has 5 nitrogen and oxygen atoms in total. The average Bonchev–Trinajstić information content (AvgIpc) is 2.87. The van der Waals surface area contributed by atoms with Crippen molar-refractivity contribution >= 4 is 11.5 Å². The molecule has 4 rings (SSSR count). The van der Waals surface area contributed by atoms with Crippen molar-refractivity contribution in [3.63, 3.8) is 0 Å². The summed E-state index contributed by atoms with van der Waals surface area (Å²) in [4.78, 5) is 2.21. The van der Waals surface area contributed by atoms with Gasteiger partial charge >= 0.3 is 0 Å². The Hall–Kier alpha value is -2.05. The number of β-amino-alcohol motifs (C(OH)–C–C–N with tert-alkyl or cyclic N) is 1. The van der Waals surface area contributed by atoms with E-state index in [0.717, 1.165) is 54.4 Å². The fourth-order valence-corrected chi connectivity index (χ4v) is 4.37. The smallest absolute Gasteiger partial charge is 0.271 e. The number of amidine groups is 1. The van der Waals surface area contributed by atoms with Crippen LogP contribution in [0.4, 0.5) is 5.69 Å². The highest BCUT2D eigenvalue weighted by Crippen LogP contribution is 2.40. The molecule has 0 amide bonds. The van der Waals surface area contributed by atoms with Gasteiger partial charge in [0.1, 0.15) is 5.75 Å². The van der Waals surface area contributed by atoms with Crippen molar-refractivity contribution in [2.24, 2.45) is 0 Å². The summed E-state index contributed by atoms with van der Waals surface area (Å²) in [6.07, 6.45) is 4.32. The first kappa shape index (κ1) is 21.7. The van der Waals surface area contributed by atoms with Crippen LogP contribution in [-0.2, 0) is 5.72 Å². The van der Waals surface area contributed by atoms with Crippen molar-refractivity contribution in [1.82, 2.24) is 0 Å². The van der Waals surface area contributed by atoms with Crippen LogP contribution in [0.2, 0.25) is 0 Å². The molecule has 2 aromatic carbocycles. The molecule has 0 bridgehead atoms. The molecule has 0 radical (unpaired) electrons. The Kier molecular flexibility index (Phi) is 6.54. The lowest BCUT2D eigenvalue weighted by atomic mass is 10.0. The Balaban J connectivity index is 0.00000240. The third-order valence-electron chi connectivity index (χ3n) is 5.92. The number of aryl methyl sites for hydroxylation is 1. The molecular weight excluding hydrogens is 432 g/mol. The van der Waals surface area contributed by atoms with Gasteiger partial charge in [-0.2, -0.15) is 0 Å². The zero-order chi connectivity index (χ0) is 19.7. The highest BCUT2D eigenvalue weighted by molar-refractivity contribution is 5.97. The number of benzene rings is 2. The van der Waals surface area contributed by atoms with E-state index in [1.165, 1.54) is 12.0 Å². The Morgan fingerprint density at radius 1 is 1.00 bits per heavy atom. The van der Waals surface area contributed by atoms with Crippen molar-refractivity contribution < 1.29 is 36.1 Å². The standard InChI is InChI=1S/C23H29N2O3.BrH/c1-17-8-10-18(11-9-17)23(26)16-24(22-7-5-4-6-14-25(22)23)20-15-19(27-2)12-13-21(20)28-3;/h8-13,15,26H,4-7,14,16H2,1-3H3;1H/q+1;/p-1. The molecule has 6 heteroatoms. The molecule has 2 aliphatic heterocycles. The van der Waals surface area contributed by atoms with Gasteiger partial charge in [-0.05, 0) is 38.3 Å². The first-order chi connectivity index (χ1) is 13.6. The highest BCUT2D eigenvalue weighted by atomic mass is 79.9. The van der Waals surface area contributed by atoms with Gasteiger partial charge in [-0.25, -0.2) is 9.48 Å². The molecule has 0 aromatic heterocycles. The van der Waals surface area contributed by atoms with E-state index < -0.39 is 5.72 Å². The molecule has 156 valence electrons. The molecule has 0 fully saturated rings. The molecule has 2 aliphatic rings. The highest BCUT2D eigenvalue weighted by Gasteiger charge is 2.52. The molecular formula is C23H29BrN2O3. The largest absolute Gasteiger partial charge is 1.00 e. The normalized spacial score (nSPS) is 21.3. The molecule has 29 heavy (non-hydrogen) atoms. The van der Waals surface area contributed by atoms with Crippen LogP contribution < -0.4 is 31.4 Å². The molecule has 0 spiro atoms. The van der Waals surface area contributed by atoms with Gasteiger partial charge in [-0.3, -0.25) is 0 Å². The van der Waals surface area contributed by atoms with Crippen LogP contribution >= 0.6 is 0 Å². The number of aliphatic hydroxyl groups is 1. The summed E-state index contributed by atoms with van der Waals surface area (Å²) in [5, 5.41) is 11.9. The fourth-order valence-electron chi connectivity index (χ4n) is 4.37. The minimum atomic E-state index is -1.05. The van der Waals surface area contributed by atoms with Crippen molar-refractivity contribution in [1.29, 1.82) is 0 Å². The van der Waals surface area contributed by atoms with E-state index in [4.69, 9.17) is 9.47 Å². The minimum Gasteiger partial charge on any atom is -1.00 e. The molecule has 0 saturated heterocycles. The van der Waals surface area contributed by atoms with Crippen molar-refractivity contribution in [2.45, 2.75) is 38.3 Å². The van der Waals surface area contributed by atoms with Gasteiger partial charge in [0.05, 0.1) is 20.8 Å². The Morgan fingerprint density at radius 3 is 2.45 bits per heavy atom. The number of rotatable bonds is 4. The van der Waals surface area contributed by atoms with Crippen LogP contribution in [0.5, 0.6) is 11.5 Å². The van der Waals surface area contributed by atoms with Crippen LogP contribution in [0.15, 0.2) is 42.5 Å².